The Kier molecular flexibility index (Phi) is 4.60. The summed E-state index contributed by atoms with van der Waals surface area (Å²) in [7, 11) is 1.61. The van der Waals surface area contributed by atoms with Gasteiger partial charge in [-0.2, -0.15) is 0 Å². The number of amides is 1. The molecule has 1 aliphatic heterocycles. The van der Waals surface area contributed by atoms with E-state index in [0.717, 1.165) is 35.1 Å². The lowest BCUT2D eigenvalue weighted by atomic mass is 10.0. The van der Waals surface area contributed by atoms with Gasteiger partial charge in [0.1, 0.15) is 17.1 Å². The van der Waals surface area contributed by atoms with Gasteiger partial charge in [-0.3, -0.25) is 4.79 Å². The van der Waals surface area contributed by atoms with Gasteiger partial charge in [0, 0.05) is 23.5 Å². The molecule has 140 valence electrons. The minimum absolute atomic E-state index is 0.0569. The molecule has 2 aromatic carbocycles. The number of benzene rings is 2. The van der Waals surface area contributed by atoms with Gasteiger partial charge in [0.05, 0.1) is 7.11 Å². The molecular weight excluding hydrogens is 345 g/mol. The number of fused-ring (bicyclic) bond motifs is 1. The zero-order chi connectivity index (χ0) is 19.0. The van der Waals surface area contributed by atoms with Gasteiger partial charge < -0.3 is 14.1 Å². The van der Waals surface area contributed by atoms with Crippen LogP contribution >= 0.6 is 0 Å². The molecule has 1 atom stereocenters. The number of furan rings is 1. The lowest BCUT2D eigenvalue weighted by Crippen LogP contribution is -2.36. The van der Waals surface area contributed by atoms with Crippen LogP contribution in [0.15, 0.2) is 46.9 Å². The van der Waals surface area contributed by atoms with Crippen LogP contribution in [0.1, 0.15) is 34.5 Å². The number of methoxy groups -OCH3 is 1. The number of nitrogens with zero attached hydrogens (tertiary/aromatic N) is 1. The van der Waals surface area contributed by atoms with Crippen molar-refractivity contribution in [2.45, 2.75) is 32.2 Å². The topological polar surface area (TPSA) is 42.7 Å². The number of likely N-dealkylation sites (tertiary alicyclic amines) is 1. The first kappa shape index (κ1) is 17.6. The lowest BCUT2D eigenvalue weighted by Gasteiger charge is -2.24. The lowest BCUT2D eigenvalue weighted by molar-refractivity contribution is 0.0705. The van der Waals surface area contributed by atoms with Gasteiger partial charge in [0.25, 0.3) is 5.91 Å². The molecule has 0 N–H and O–H groups in total. The third-order valence-electron chi connectivity index (χ3n) is 5.34. The summed E-state index contributed by atoms with van der Waals surface area (Å²) >= 11 is 0. The molecule has 0 bridgehead atoms. The minimum atomic E-state index is -0.245. The second-order valence-corrected chi connectivity index (χ2v) is 7.05. The van der Waals surface area contributed by atoms with Crippen LogP contribution in [0.5, 0.6) is 5.75 Å². The second-order valence-electron chi connectivity index (χ2n) is 7.05. The van der Waals surface area contributed by atoms with E-state index in [9.17, 15) is 9.18 Å². The van der Waals surface area contributed by atoms with E-state index in [1.807, 2.05) is 36.1 Å². The fraction of sp³-hybridized carbons (Fsp3) is 0.318. The van der Waals surface area contributed by atoms with E-state index in [-0.39, 0.29) is 17.8 Å². The van der Waals surface area contributed by atoms with Gasteiger partial charge in [-0.1, -0.05) is 12.1 Å². The van der Waals surface area contributed by atoms with Crippen molar-refractivity contribution in [2.75, 3.05) is 13.7 Å². The molecule has 27 heavy (non-hydrogen) atoms. The highest BCUT2D eigenvalue weighted by molar-refractivity contribution is 5.99. The Morgan fingerprint density at radius 1 is 1.30 bits per heavy atom. The quantitative estimate of drug-likeness (QED) is 0.669. The number of hydrogen-bond acceptors (Lipinski definition) is 3. The van der Waals surface area contributed by atoms with Gasteiger partial charge in [0.2, 0.25) is 0 Å². The van der Waals surface area contributed by atoms with Crippen LogP contribution in [0.4, 0.5) is 4.39 Å². The van der Waals surface area contributed by atoms with E-state index in [2.05, 4.69) is 0 Å². The van der Waals surface area contributed by atoms with Crippen molar-refractivity contribution in [3.05, 3.63) is 65.2 Å². The molecule has 2 heterocycles. The highest BCUT2D eigenvalue weighted by Crippen LogP contribution is 2.31. The predicted molar refractivity (Wildman–Crippen MR) is 102 cm³/mol. The molecule has 0 aliphatic carbocycles. The average Bonchev–Trinajstić information content (AvgIpc) is 3.25. The van der Waals surface area contributed by atoms with E-state index < -0.39 is 0 Å². The molecule has 5 heteroatoms. The molecule has 1 aliphatic rings. The molecule has 1 unspecified atom stereocenters. The number of hydrogen-bond donors (Lipinski definition) is 0. The summed E-state index contributed by atoms with van der Waals surface area (Å²) in [5, 5.41) is 0.888. The molecule has 4 nitrogen and oxygen atoms in total. The van der Waals surface area contributed by atoms with Crippen molar-refractivity contribution in [3.63, 3.8) is 0 Å². The monoisotopic (exact) mass is 367 g/mol. The molecule has 0 spiro atoms. The van der Waals surface area contributed by atoms with Crippen LogP contribution < -0.4 is 4.74 Å². The van der Waals surface area contributed by atoms with Crippen molar-refractivity contribution >= 4 is 16.9 Å². The fourth-order valence-electron chi connectivity index (χ4n) is 3.91. The Morgan fingerprint density at radius 2 is 2.15 bits per heavy atom. The predicted octanol–water partition coefficient (Wildman–Crippen LogP) is 4.74. The van der Waals surface area contributed by atoms with Crippen LogP contribution in [-0.4, -0.2) is 30.5 Å². The van der Waals surface area contributed by atoms with E-state index >= 15 is 0 Å². The minimum Gasteiger partial charge on any atom is -0.497 e. The van der Waals surface area contributed by atoms with Gasteiger partial charge in [-0.15, -0.1) is 0 Å². The van der Waals surface area contributed by atoms with Crippen LogP contribution in [0.25, 0.3) is 11.0 Å². The normalized spacial score (nSPS) is 16.9. The Hall–Kier alpha value is -2.82. The molecule has 1 amide bonds. The van der Waals surface area contributed by atoms with Crippen molar-refractivity contribution in [3.8, 4) is 5.75 Å². The number of carbonyl (C=O) groups is 1. The van der Waals surface area contributed by atoms with E-state index in [0.29, 0.717) is 24.3 Å². The molecule has 0 radical (unpaired) electrons. The van der Waals surface area contributed by atoms with E-state index in [1.165, 1.54) is 6.07 Å². The van der Waals surface area contributed by atoms with Crippen LogP contribution in [0.3, 0.4) is 0 Å². The summed E-state index contributed by atoms with van der Waals surface area (Å²) in [4.78, 5) is 15.1. The smallest absolute Gasteiger partial charge is 0.290 e. The Labute approximate surface area is 157 Å². The zero-order valence-corrected chi connectivity index (χ0v) is 15.5. The summed E-state index contributed by atoms with van der Waals surface area (Å²) in [6.45, 7) is 2.59. The highest BCUT2D eigenvalue weighted by Gasteiger charge is 2.32. The molecular formula is C22H22FNO3. The molecule has 0 saturated carbocycles. The second kappa shape index (κ2) is 7.06. The number of ether oxygens (including phenoxy) is 1. The van der Waals surface area contributed by atoms with Crippen molar-refractivity contribution < 1.29 is 18.3 Å². The number of aryl methyl sites for hydroxylation is 1. The summed E-state index contributed by atoms with van der Waals surface area (Å²) in [5.41, 5.74) is 2.41. The van der Waals surface area contributed by atoms with Crippen LogP contribution in [0.2, 0.25) is 0 Å². The summed E-state index contributed by atoms with van der Waals surface area (Å²) in [6, 6.07) is 12.2. The molecule has 3 aromatic rings. The van der Waals surface area contributed by atoms with Crippen LogP contribution in [-0.2, 0) is 6.42 Å². The fourth-order valence-corrected chi connectivity index (χ4v) is 3.91. The molecule has 1 aromatic heterocycles. The van der Waals surface area contributed by atoms with Gasteiger partial charge >= 0.3 is 0 Å². The first-order valence-corrected chi connectivity index (χ1v) is 9.19. The molecule has 1 fully saturated rings. The van der Waals surface area contributed by atoms with Gasteiger partial charge in [-0.25, -0.2) is 4.39 Å². The van der Waals surface area contributed by atoms with Crippen molar-refractivity contribution in [2.24, 2.45) is 0 Å². The summed E-state index contributed by atoms with van der Waals surface area (Å²) in [6.07, 6.45) is 2.50. The maximum absolute atomic E-state index is 13.5. The first-order valence-electron chi connectivity index (χ1n) is 9.19. The number of carbonyl (C=O) groups excluding carboxylic acids is 1. The Bertz CT molecular complexity index is 994. The van der Waals surface area contributed by atoms with Crippen LogP contribution in [0, 0.1) is 12.7 Å². The van der Waals surface area contributed by atoms with E-state index in [4.69, 9.17) is 9.15 Å². The zero-order valence-electron chi connectivity index (χ0n) is 15.5. The third kappa shape index (κ3) is 3.29. The molecule has 1 saturated heterocycles. The Morgan fingerprint density at radius 3 is 2.93 bits per heavy atom. The number of halogens is 1. The van der Waals surface area contributed by atoms with E-state index in [1.54, 1.807) is 19.2 Å². The standard InChI is InChI=1S/C22H22FNO3/c1-14-19-13-18(26-2)8-9-20(19)27-21(14)22(25)24-10-4-7-17(24)12-15-5-3-6-16(23)11-15/h3,5-6,8-9,11,13,17H,4,7,10,12H2,1-2H3. The van der Waals surface area contributed by atoms with Gasteiger partial charge in [0.15, 0.2) is 5.76 Å². The van der Waals surface area contributed by atoms with Gasteiger partial charge in [-0.05, 0) is 62.1 Å². The van der Waals surface area contributed by atoms with Crippen molar-refractivity contribution in [1.82, 2.24) is 4.90 Å². The number of rotatable bonds is 4. The first-order chi connectivity index (χ1) is 13.1. The summed E-state index contributed by atoms with van der Waals surface area (Å²) in [5.74, 6) is 0.770. The maximum Gasteiger partial charge on any atom is 0.290 e. The maximum atomic E-state index is 13.5. The summed E-state index contributed by atoms with van der Waals surface area (Å²) < 4.78 is 24.6. The average molecular weight is 367 g/mol. The Balaban J connectivity index is 1.61. The SMILES string of the molecule is COc1ccc2oc(C(=O)N3CCCC3Cc3cccc(F)c3)c(C)c2c1. The highest BCUT2D eigenvalue weighted by atomic mass is 19.1. The third-order valence-corrected chi connectivity index (χ3v) is 5.34. The van der Waals surface area contributed by atoms with Crippen molar-refractivity contribution in [1.29, 1.82) is 0 Å². The molecule has 4 rings (SSSR count). The largest absolute Gasteiger partial charge is 0.497 e.